The average Bonchev–Trinajstić information content (AvgIpc) is 2.63. The Hall–Kier alpha value is -2.95. The van der Waals surface area contributed by atoms with Crippen LogP contribution in [0.25, 0.3) is 10.9 Å². The van der Waals surface area contributed by atoms with Crippen LogP contribution in [0.15, 0.2) is 48.8 Å². The van der Waals surface area contributed by atoms with Gasteiger partial charge in [0.05, 0.1) is 11.1 Å². The number of nitrogen functional groups attached to an aromatic ring is 1. The van der Waals surface area contributed by atoms with Gasteiger partial charge in [-0.15, -0.1) is 0 Å². The van der Waals surface area contributed by atoms with E-state index in [1.807, 2.05) is 18.2 Å². The Morgan fingerprint density at radius 2 is 1.88 bits per heavy atom. The zero-order valence-corrected chi connectivity index (χ0v) is 13.3. The lowest BCUT2D eigenvalue weighted by Crippen LogP contribution is -2.09. The molecule has 0 saturated carbocycles. The van der Waals surface area contributed by atoms with Gasteiger partial charge in [-0.05, 0) is 49.4 Å². The van der Waals surface area contributed by atoms with Gasteiger partial charge in [-0.2, -0.15) is 0 Å². The van der Waals surface area contributed by atoms with E-state index in [0.717, 1.165) is 29.4 Å². The van der Waals surface area contributed by atoms with Gasteiger partial charge >= 0.3 is 5.97 Å². The molecule has 2 heterocycles. The molecule has 24 heavy (non-hydrogen) atoms. The van der Waals surface area contributed by atoms with Gasteiger partial charge in [0.2, 0.25) is 0 Å². The normalized spacial score (nSPS) is 12.8. The number of aryl methyl sites for hydroxylation is 1. The Balaban J connectivity index is 0.000000162. The van der Waals surface area contributed by atoms with Crippen LogP contribution < -0.4 is 5.73 Å². The molecule has 1 aliphatic rings. The second-order valence-electron chi connectivity index (χ2n) is 5.72. The van der Waals surface area contributed by atoms with Crippen LogP contribution in [0, 0.1) is 0 Å². The summed E-state index contributed by atoms with van der Waals surface area (Å²) in [7, 11) is 0. The van der Waals surface area contributed by atoms with Gasteiger partial charge in [0.25, 0.3) is 0 Å². The highest BCUT2D eigenvalue weighted by molar-refractivity contribution is 5.92. The summed E-state index contributed by atoms with van der Waals surface area (Å²) in [5.74, 6) is -0.942. The van der Waals surface area contributed by atoms with E-state index in [1.54, 1.807) is 6.07 Å². The lowest BCUT2D eigenvalue weighted by Gasteiger charge is -2.18. The molecule has 1 aromatic carbocycles. The van der Waals surface area contributed by atoms with Crippen LogP contribution in [0.5, 0.6) is 0 Å². The first-order valence-electron chi connectivity index (χ1n) is 7.96. The summed E-state index contributed by atoms with van der Waals surface area (Å²) in [6, 6.07) is 11.2. The highest BCUT2D eigenvalue weighted by Gasteiger charge is 2.15. The number of pyridine rings is 2. The number of hydrogen-bond donors (Lipinski definition) is 2. The van der Waals surface area contributed by atoms with Gasteiger partial charge in [0, 0.05) is 29.2 Å². The third-order valence-corrected chi connectivity index (χ3v) is 4.12. The zero-order valence-electron chi connectivity index (χ0n) is 13.3. The van der Waals surface area contributed by atoms with Crippen molar-refractivity contribution >= 4 is 22.6 Å². The molecule has 0 saturated heterocycles. The van der Waals surface area contributed by atoms with Crippen molar-refractivity contribution < 1.29 is 9.90 Å². The number of anilines is 1. The first kappa shape index (κ1) is 15.9. The fourth-order valence-corrected chi connectivity index (χ4v) is 2.90. The summed E-state index contributed by atoms with van der Waals surface area (Å²) in [6.45, 7) is 0. The van der Waals surface area contributed by atoms with E-state index in [4.69, 9.17) is 15.8 Å². The van der Waals surface area contributed by atoms with Gasteiger partial charge in [-0.25, -0.2) is 4.79 Å². The Labute approximate surface area is 140 Å². The lowest BCUT2D eigenvalue weighted by molar-refractivity contribution is 0.0696. The van der Waals surface area contributed by atoms with Crippen molar-refractivity contribution in [1.29, 1.82) is 0 Å². The third kappa shape index (κ3) is 3.35. The topological polar surface area (TPSA) is 89.1 Å². The summed E-state index contributed by atoms with van der Waals surface area (Å²) in [6.07, 6.45) is 7.52. The molecule has 0 unspecified atom stereocenters. The van der Waals surface area contributed by atoms with Crippen LogP contribution >= 0.6 is 0 Å². The van der Waals surface area contributed by atoms with Crippen molar-refractivity contribution in [1.82, 2.24) is 9.97 Å². The quantitative estimate of drug-likeness (QED) is 0.716. The predicted molar refractivity (Wildman–Crippen MR) is 94.0 cm³/mol. The molecule has 0 spiro atoms. The number of carboxylic acid groups (broad SMARTS) is 1. The first-order chi connectivity index (χ1) is 11.7. The number of aromatic nitrogens is 2. The molecule has 4 rings (SSSR count). The van der Waals surface area contributed by atoms with E-state index in [1.165, 1.54) is 42.6 Å². The number of rotatable bonds is 1. The Bertz CT molecular complexity index is 863. The SMILES string of the molecule is Nc1c2c(nc3ccccc13)CCCC2.O=C(O)c1cccnc1. The first-order valence-corrected chi connectivity index (χ1v) is 7.96. The van der Waals surface area contributed by atoms with Crippen LogP contribution in [0.4, 0.5) is 5.69 Å². The minimum atomic E-state index is -0.942. The van der Waals surface area contributed by atoms with Gasteiger partial charge in [-0.1, -0.05) is 18.2 Å². The predicted octanol–water partition coefficient (Wildman–Crippen LogP) is 3.48. The van der Waals surface area contributed by atoms with Crippen molar-refractivity contribution in [3.05, 3.63) is 65.6 Å². The molecule has 0 fully saturated rings. The number of nitrogens with zero attached hydrogens (tertiary/aromatic N) is 2. The molecule has 0 amide bonds. The molecule has 2 aromatic heterocycles. The second-order valence-corrected chi connectivity index (χ2v) is 5.72. The van der Waals surface area contributed by atoms with Crippen molar-refractivity contribution in [3.8, 4) is 0 Å². The second kappa shape index (κ2) is 7.08. The minimum Gasteiger partial charge on any atom is -0.478 e. The van der Waals surface area contributed by atoms with E-state index in [9.17, 15) is 4.79 Å². The van der Waals surface area contributed by atoms with E-state index in [-0.39, 0.29) is 5.56 Å². The Kier molecular flexibility index (Phi) is 4.70. The number of aromatic carboxylic acids is 1. The highest BCUT2D eigenvalue weighted by Crippen LogP contribution is 2.30. The number of benzene rings is 1. The molecule has 3 N–H and O–H groups in total. The smallest absolute Gasteiger partial charge is 0.337 e. The lowest BCUT2D eigenvalue weighted by atomic mass is 9.93. The maximum atomic E-state index is 10.2. The summed E-state index contributed by atoms with van der Waals surface area (Å²) >= 11 is 0. The standard InChI is InChI=1S/C13H14N2.C6H5NO2/c14-13-9-5-1-3-7-11(9)15-12-8-4-2-6-10(12)13;8-6(9)5-2-1-3-7-4-5/h1,3,5,7H,2,4,6,8H2,(H2,14,15);1-4H,(H,8,9). The summed E-state index contributed by atoms with van der Waals surface area (Å²) < 4.78 is 0. The van der Waals surface area contributed by atoms with Crippen LogP contribution in [0.3, 0.4) is 0 Å². The van der Waals surface area contributed by atoms with E-state index >= 15 is 0 Å². The molecule has 0 aliphatic heterocycles. The third-order valence-electron chi connectivity index (χ3n) is 4.12. The van der Waals surface area contributed by atoms with Crippen LogP contribution in [0.2, 0.25) is 0 Å². The number of para-hydroxylation sites is 1. The largest absolute Gasteiger partial charge is 0.478 e. The van der Waals surface area contributed by atoms with E-state index in [0.29, 0.717) is 0 Å². The van der Waals surface area contributed by atoms with Gasteiger partial charge in [0.15, 0.2) is 0 Å². The molecule has 0 bridgehead atoms. The van der Waals surface area contributed by atoms with Gasteiger partial charge in [0.1, 0.15) is 0 Å². The monoisotopic (exact) mass is 321 g/mol. The number of carboxylic acids is 1. The Morgan fingerprint density at radius 1 is 1.08 bits per heavy atom. The number of carbonyl (C=O) groups is 1. The van der Waals surface area contributed by atoms with Crippen LogP contribution in [-0.4, -0.2) is 21.0 Å². The van der Waals surface area contributed by atoms with Gasteiger partial charge in [-0.3, -0.25) is 9.97 Å². The average molecular weight is 321 g/mol. The molecular formula is C19H19N3O2. The molecule has 0 radical (unpaired) electrons. The van der Waals surface area contributed by atoms with E-state index < -0.39 is 5.97 Å². The van der Waals surface area contributed by atoms with Crippen molar-refractivity contribution in [2.45, 2.75) is 25.7 Å². The van der Waals surface area contributed by atoms with Gasteiger partial charge < -0.3 is 10.8 Å². The zero-order chi connectivity index (χ0) is 16.9. The molecule has 122 valence electrons. The fraction of sp³-hybridized carbons (Fsp3) is 0.211. The molecule has 5 heteroatoms. The van der Waals surface area contributed by atoms with E-state index in [2.05, 4.69) is 11.1 Å². The molecule has 1 aliphatic carbocycles. The van der Waals surface area contributed by atoms with Crippen LogP contribution in [-0.2, 0) is 12.8 Å². The fourth-order valence-electron chi connectivity index (χ4n) is 2.90. The van der Waals surface area contributed by atoms with Crippen molar-refractivity contribution in [2.75, 3.05) is 5.73 Å². The van der Waals surface area contributed by atoms with Crippen molar-refractivity contribution in [3.63, 3.8) is 0 Å². The maximum absolute atomic E-state index is 10.2. The van der Waals surface area contributed by atoms with Crippen LogP contribution in [0.1, 0.15) is 34.5 Å². The molecule has 5 nitrogen and oxygen atoms in total. The number of fused-ring (bicyclic) bond motifs is 2. The minimum absolute atomic E-state index is 0.220. The molecule has 3 aromatic rings. The molecule has 0 atom stereocenters. The summed E-state index contributed by atoms with van der Waals surface area (Å²) in [5.41, 5.74) is 10.9. The van der Waals surface area contributed by atoms with Crippen molar-refractivity contribution in [2.24, 2.45) is 0 Å². The summed E-state index contributed by atoms with van der Waals surface area (Å²) in [4.78, 5) is 18.5. The maximum Gasteiger partial charge on any atom is 0.337 e. The molecular weight excluding hydrogens is 302 g/mol. The number of hydrogen-bond acceptors (Lipinski definition) is 4. The summed E-state index contributed by atoms with van der Waals surface area (Å²) in [5, 5.41) is 9.45. The highest BCUT2D eigenvalue weighted by atomic mass is 16.4. The Morgan fingerprint density at radius 3 is 2.58 bits per heavy atom. The number of nitrogens with two attached hydrogens (primary N) is 1.